The van der Waals surface area contributed by atoms with Crippen molar-refractivity contribution in [3.63, 3.8) is 0 Å². The van der Waals surface area contributed by atoms with Crippen LogP contribution >= 0.6 is 0 Å². The molecule has 0 radical (unpaired) electrons. The highest BCUT2D eigenvalue weighted by Crippen LogP contribution is 2.40. The zero-order valence-electron chi connectivity index (χ0n) is 22.8. The van der Waals surface area contributed by atoms with Gasteiger partial charge in [-0.05, 0) is 89.0 Å². The zero-order chi connectivity index (χ0) is 26.5. The maximum Gasteiger partial charge on any atom is 0.325 e. The third kappa shape index (κ3) is 6.90. The van der Waals surface area contributed by atoms with E-state index < -0.39 is 12.0 Å². The number of fused-ring (bicyclic) bond motifs is 1. The Balaban J connectivity index is 1.13. The Labute approximate surface area is 226 Å². The Hall–Kier alpha value is -2.55. The van der Waals surface area contributed by atoms with Gasteiger partial charge in [0, 0.05) is 55.3 Å². The van der Waals surface area contributed by atoms with E-state index in [-0.39, 0.29) is 12.2 Å². The number of hydrogen-bond donors (Lipinski definition) is 2. The Morgan fingerprint density at radius 3 is 2.89 bits per heavy atom. The van der Waals surface area contributed by atoms with Crippen LogP contribution in [0.2, 0.25) is 0 Å². The molecular weight excluding hydrogens is 480 g/mol. The van der Waals surface area contributed by atoms with E-state index in [0.29, 0.717) is 32.2 Å². The summed E-state index contributed by atoms with van der Waals surface area (Å²) in [4.78, 5) is 24.0. The molecule has 2 atom stereocenters. The van der Waals surface area contributed by atoms with Crippen molar-refractivity contribution in [3.8, 4) is 0 Å². The van der Waals surface area contributed by atoms with Gasteiger partial charge in [0.25, 0.3) is 0 Å². The fourth-order valence-electron chi connectivity index (χ4n) is 5.54. The smallest absolute Gasteiger partial charge is 0.325 e. The highest BCUT2D eigenvalue weighted by Gasteiger charge is 2.36. The van der Waals surface area contributed by atoms with Crippen LogP contribution in [0, 0.1) is 0 Å². The molecule has 5 rings (SSSR count). The molecule has 1 saturated carbocycles. The minimum Gasteiger partial charge on any atom is -0.480 e. The Bertz CT molecular complexity index is 1100. The summed E-state index contributed by atoms with van der Waals surface area (Å²) in [6.45, 7) is 7.45. The molecule has 2 aliphatic heterocycles. The molecule has 206 valence electrons. The van der Waals surface area contributed by atoms with Crippen LogP contribution in [0.5, 0.6) is 0 Å². The van der Waals surface area contributed by atoms with Crippen molar-refractivity contribution in [1.29, 1.82) is 0 Å². The van der Waals surface area contributed by atoms with Crippen molar-refractivity contribution in [1.82, 2.24) is 14.9 Å². The van der Waals surface area contributed by atoms with Crippen LogP contribution in [-0.4, -0.2) is 64.4 Å². The number of nitrogens with one attached hydrogen (secondary N) is 1. The number of carbonyl (C=O) groups is 1. The standard InChI is InChI=1S/C30H42N4O4/c1-20(2)38-19-22-16-28(21-8-9-21)32-17-25(22)29(30(35)36)34-14-12-24(18-34)37-15-4-3-6-23-10-11-26-27(33-23)7-5-13-31-26/h10-11,16-17,20-21,24,29,31H,3-9,12-15,18-19H2,1-2H3,(H,35,36)/t24-,29?/m1/s1. The Kier molecular flexibility index (Phi) is 8.92. The third-order valence-electron chi connectivity index (χ3n) is 7.80. The van der Waals surface area contributed by atoms with Gasteiger partial charge in [-0.25, -0.2) is 0 Å². The number of rotatable bonds is 13. The highest BCUT2D eigenvalue weighted by atomic mass is 16.5. The second-order valence-corrected chi connectivity index (χ2v) is 11.2. The second-order valence-electron chi connectivity index (χ2n) is 11.2. The number of hydrogen-bond acceptors (Lipinski definition) is 7. The van der Waals surface area contributed by atoms with Crippen LogP contribution in [-0.2, 0) is 33.7 Å². The Morgan fingerprint density at radius 2 is 2.11 bits per heavy atom. The number of aromatic nitrogens is 2. The number of likely N-dealkylation sites (tertiary alicyclic amines) is 1. The van der Waals surface area contributed by atoms with E-state index in [4.69, 9.17) is 14.5 Å². The lowest BCUT2D eigenvalue weighted by molar-refractivity contribution is -0.143. The number of ether oxygens (including phenoxy) is 2. The maximum absolute atomic E-state index is 12.5. The quantitative estimate of drug-likeness (QED) is 0.360. The molecule has 1 saturated heterocycles. The summed E-state index contributed by atoms with van der Waals surface area (Å²) in [6.07, 6.45) is 10.2. The minimum absolute atomic E-state index is 0.0545. The molecule has 2 aromatic rings. The largest absolute Gasteiger partial charge is 0.480 e. The predicted octanol–water partition coefficient (Wildman–Crippen LogP) is 4.88. The predicted molar refractivity (Wildman–Crippen MR) is 146 cm³/mol. The lowest BCUT2D eigenvalue weighted by Crippen LogP contribution is -2.34. The van der Waals surface area contributed by atoms with Crippen LogP contribution < -0.4 is 5.32 Å². The van der Waals surface area contributed by atoms with Gasteiger partial charge in [-0.1, -0.05) is 0 Å². The average molecular weight is 523 g/mol. The van der Waals surface area contributed by atoms with E-state index in [1.807, 2.05) is 18.7 Å². The minimum atomic E-state index is -0.842. The molecule has 1 unspecified atom stereocenters. The fraction of sp³-hybridized carbons (Fsp3) is 0.633. The van der Waals surface area contributed by atoms with Crippen LogP contribution in [0.15, 0.2) is 24.4 Å². The molecule has 4 heterocycles. The first-order chi connectivity index (χ1) is 18.5. The van der Waals surface area contributed by atoms with Crippen molar-refractivity contribution >= 4 is 11.7 Å². The molecule has 38 heavy (non-hydrogen) atoms. The average Bonchev–Trinajstić information content (AvgIpc) is 3.66. The van der Waals surface area contributed by atoms with Gasteiger partial charge < -0.3 is 19.9 Å². The van der Waals surface area contributed by atoms with E-state index in [1.54, 1.807) is 6.20 Å². The van der Waals surface area contributed by atoms with Gasteiger partial charge >= 0.3 is 5.97 Å². The summed E-state index contributed by atoms with van der Waals surface area (Å²) in [6, 6.07) is 5.63. The van der Waals surface area contributed by atoms with Crippen molar-refractivity contribution in [2.75, 3.05) is 31.6 Å². The number of carboxylic acid groups (broad SMARTS) is 1. The molecular formula is C30H42N4O4. The number of carboxylic acids is 1. The van der Waals surface area contributed by atoms with E-state index in [0.717, 1.165) is 80.4 Å². The first kappa shape index (κ1) is 27.0. The summed E-state index contributed by atoms with van der Waals surface area (Å²) in [5, 5.41) is 13.6. The summed E-state index contributed by atoms with van der Waals surface area (Å²) in [5.41, 5.74) is 6.28. The molecule has 3 aliphatic rings. The van der Waals surface area contributed by atoms with E-state index >= 15 is 0 Å². The van der Waals surface area contributed by atoms with Crippen molar-refractivity contribution < 1.29 is 19.4 Å². The summed E-state index contributed by atoms with van der Waals surface area (Å²) < 4.78 is 12.1. The summed E-state index contributed by atoms with van der Waals surface area (Å²) in [7, 11) is 0. The third-order valence-corrected chi connectivity index (χ3v) is 7.80. The number of pyridine rings is 2. The van der Waals surface area contributed by atoms with Gasteiger partial charge in [-0.3, -0.25) is 19.7 Å². The molecule has 0 aromatic carbocycles. The molecule has 8 nitrogen and oxygen atoms in total. The van der Waals surface area contributed by atoms with Crippen LogP contribution in [0.1, 0.15) is 92.5 Å². The van der Waals surface area contributed by atoms with Gasteiger partial charge in [0.05, 0.1) is 30.2 Å². The zero-order valence-corrected chi connectivity index (χ0v) is 22.8. The molecule has 2 aromatic heterocycles. The van der Waals surface area contributed by atoms with Crippen molar-refractivity contribution in [2.45, 2.75) is 96.0 Å². The van der Waals surface area contributed by atoms with Gasteiger partial charge in [0.2, 0.25) is 0 Å². The lowest BCUT2D eigenvalue weighted by atomic mass is 10.00. The molecule has 0 amide bonds. The summed E-state index contributed by atoms with van der Waals surface area (Å²) >= 11 is 0. The maximum atomic E-state index is 12.5. The Morgan fingerprint density at radius 1 is 1.24 bits per heavy atom. The van der Waals surface area contributed by atoms with Crippen molar-refractivity contribution in [2.24, 2.45) is 0 Å². The first-order valence-corrected chi connectivity index (χ1v) is 14.4. The molecule has 2 fully saturated rings. The topological polar surface area (TPSA) is 96.8 Å². The van der Waals surface area contributed by atoms with Crippen LogP contribution in [0.4, 0.5) is 5.69 Å². The van der Waals surface area contributed by atoms with Crippen molar-refractivity contribution in [3.05, 3.63) is 52.6 Å². The molecule has 1 aliphatic carbocycles. The first-order valence-electron chi connectivity index (χ1n) is 14.4. The normalized spacial score (nSPS) is 20.3. The van der Waals surface area contributed by atoms with Crippen LogP contribution in [0.3, 0.4) is 0 Å². The molecule has 0 bridgehead atoms. The summed E-state index contributed by atoms with van der Waals surface area (Å²) in [5.74, 6) is -0.333. The second kappa shape index (κ2) is 12.5. The number of aliphatic carboxylic acids is 1. The molecule has 2 N–H and O–H groups in total. The SMILES string of the molecule is CC(C)OCc1cc(C2CC2)ncc1C(C(=O)O)N1CC[C@@H](OCCCCc2ccc3c(n2)CCCN3)C1. The fourth-order valence-corrected chi connectivity index (χ4v) is 5.54. The highest BCUT2D eigenvalue weighted by molar-refractivity contribution is 5.76. The number of anilines is 1. The van der Waals surface area contributed by atoms with Crippen LogP contribution in [0.25, 0.3) is 0 Å². The van der Waals surface area contributed by atoms with E-state index in [9.17, 15) is 9.90 Å². The van der Waals surface area contributed by atoms with Gasteiger partial charge in [-0.15, -0.1) is 0 Å². The monoisotopic (exact) mass is 522 g/mol. The van der Waals surface area contributed by atoms with E-state index in [1.165, 1.54) is 11.4 Å². The van der Waals surface area contributed by atoms with Gasteiger partial charge in [0.15, 0.2) is 0 Å². The van der Waals surface area contributed by atoms with Gasteiger partial charge in [-0.2, -0.15) is 0 Å². The van der Waals surface area contributed by atoms with E-state index in [2.05, 4.69) is 28.5 Å². The molecule has 0 spiro atoms. The molecule has 8 heteroatoms. The number of unbranched alkanes of at least 4 members (excludes halogenated alkanes) is 1. The lowest BCUT2D eigenvalue weighted by Gasteiger charge is -2.26. The van der Waals surface area contributed by atoms with Gasteiger partial charge in [0.1, 0.15) is 6.04 Å². The number of nitrogens with zero attached hydrogens (tertiary/aromatic N) is 3. The number of aryl methyl sites for hydroxylation is 2.